The fourth-order valence-corrected chi connectivity index (χ4v) is 2.17. The number of nitrogens with zero attached hydrogens (tertiary/aromatic N) is 1. The highest BCUT2D eigenvalue weighted by Gasteiger charge is 2.14. The first-order valence-electron chi connectivity index (χ1n) is 5.49. The first-order valence-corrected chi connectivity index (χ1v) is 6.28. The second-order valence-electron chi connectivity index (χ2n) is 4.05. The van der Waals surface area contributed by atoms with E-state index in [0.717, 1.165) is 18.3 Å². The van der Waals surface area contributed by atoms with Crippen molar-refractivity contribution in [3.8, 4) is 0 Å². The molecule has 0 bridgehead atoms. The number of hydrogen-bond acceptors (Lipinski definition) is 2. The van der Waals surface area contributed by atoms with Crippen LogP contribution in [0.15, 0.2) is 35.1 Å². The highest BCUT2D eigenvalue weighted by atomic mass is 79.9. The summed E-state index contributed by atoms with van der Waals surface area (Å²) in [5, 5.41) is 2.85. The smallest absolute Gasteiger partial charge is 0.150 e. The summed E-state index contributed by atoms with van der Waals surface area (Å²) >= 11 is 3.08. The summed E-state index contributed by atoms with van der Waals surface area (Å²) in [6, 6.07) is 2.87. The van der Waals surface area contributed by atoms with Gasteiger partial charge < -0.3 is 5.32 Å². The zero-order valence-corrected chi connectivity index (χ0v) is 11.5. The molecule has 0 aliphatic carbocycles. The molecule has 1 atom stereocenters. The maximum atomic E-state index is 13.6. The highest BCUT2D eigenvalue weighted by Crippen LogP contribution is 2.30. The molecule has 2 rings (SSSR count). The average Bonchev–Trinajstić information content (AvgIpc) is 2.33. The minimum atomic E-state index is -0.719. The fraction of sp³-hybridized carbons (Fsp3) is 0.154. The third-order valence-electron chi connectivity index (χ3n) is 2.59. The first kappa shape index (κ1) is 13.9. The molecule has 100 valence electrons. The predicted octanol–water partition coefficient (Wildman–Crippen LogP) is 4.43. The molecule has 0 saturated carbocycles. The molecule has 1 aromatic heterocycles. The molecule has 0 aliphatic heterocycles. The van der Waals surface area contributed by atoms with Crippen LogP contribution < -0.4 is 5.32 Å². The minimum absolute atomic E-state index is 0.123. The molecule has 1 N–H and O–H groups in total. The number of aromatic nitrogens is 1. The zero-order valence-electron chi connectivity index (χ0n) is 9.92. The van der Waals surface area contributed by atoms with E-state index in [2.05, 4.69) is 26.2 Å². The van der Waals surface area contributed by atoms with E-state index in [0.29, 0.717) is 5.56 Å². The SMILES string of the molecule is CC(Nc1c(F)cc(F)cc1Br)c1cncc(F)c1. The van der Waals surface area contributed by atoms with Gasteiger partial charge in [-0.25, -0.2) is 13.2 Å². The molecule has 0 saturated heterocycles. The van der Waals surface area contributed by atoms with Crippen LogP contribution in [0.1, 0.15) is 18.5 Å². The molecule has 0 fully saturated rings. The van der Waals surface area contributed by atoms with Crippen molar-refractivity contribution in [3.63, 3.8) is 0 Å². The van der Waals surface area contributed by atoms with E-state index in [1.165, 1.54) is 12.3 Å². The second-order valence-corrected chi connectivity index (χ2v) is 4.90. The molecule has 0 spiro atoms. The van der Waals surface area contributed by atoms with Crippen molar-refractivity contribution in [2.45, 2.75) is 13.0 Å². The Kier molecular flexibility index (Phi) is 4.09. The van der Waals surface area contributed by atoms with Crippen molar-refractivity contribution in [1.82, 2.24) is 4.98 Å². The van der Waals surface area contributed by atoms with Crippen LogP contribution in [0.2, 0.25) is 0 Å². The van der Waals surface area contributed by atoms with Crippen LogP contribution in [0.3, 0.4) is 0 Å². The Morgan fingerprint density at radius 3 is 2.47 bits per heavy atom. The Bertz CT molecular complexity index is 581. The lowest BCUT2D eigenvalue weighted by Crippen LogP contribution is -2.09. The molecular weight excluding hydrogens is 321 g/mol. The van der Waals surface area contributed by atoms with Crippen molar-refractivity contribution < 1.29 is 13.2 Å². The molecule has 1 heterocycles. The van der Waals surface area contributed by atoms with Gasteiger partial charge in [0.25, 0.3) is 0 Å². The van der Waals surface area contributed by atoms with Gasteiger partial charge in [-0.15, -0.1) is 0 Å². The molecule has 2 aromatic rings. The van der Waals surface area contributed by atoms with Gasteiger partial charge in [0, 0.05) is 16.7 Å². The second kappa shape index (κ2) is 5.61. The Morgan fingerprint density at radius 2 is 1.84 bits per heavy atom. The van der Waals surface area contributed by atoms with E-state index in [4.69, 9.17) is 0 Å². The summed E-state index contributed by atoms with van der Waals surface area (Å²) < 4.78 is 39.9. The third-order valence-corrected chi connectivity index (χ3v) is 3.22. The highest BCUT2D eigenvalue weighted by molar-refractivity contribution is 9.10. The lowest BCUT2D eigenvalue weighted by molar-refractivity contribution is 0.582. The molecule has 1 aromatic carbocycles. The van der Waals surface area contributed by atoms with E-state index in [1.807, 2.05) is 0 Å². The van der Waals surface area contributed by atoms with E-state index in [1.54, 1.807) is 6.92 Å². The van der Waals surface area contributed by atoms with E-state index in [9.17, 15) is 13.2 Å². The number of rotatable bonds is 3. The van der Waals surface area contributed by atoms with Crippen LogP contribution >= 0.6 is 15.9 Å². The van der Waals surface area contributed by atoms with Gasteiger partial charge >= 0.3 is 0 Å². The lowest BCUT2D eigenvalue weighted by Gasteiger charge is -2.17. The molecule has 2 nitrogen and oxygen atoms in total. The van der Waals surface area contributed by atoms with E-state index in [-0.39, 0.29) is 16.2 Å². The normalized spacial score (nSPS) is 12.3. The fourth-order valence-electron chi connectivity index (χ4n) is 1.65. The summed E-state index contributed by atoms with van der Waals surface area (Å²) in [4.78, 5) is 3.73. The van der Waals surface area contributed by atoms with Gasteiger partial charge in [-0.3, -0.25) is 4.98 Å². The largest absolute Gasteiger partial charge is 0.375 e. The maximum absolute atomic E-state index is 13.6. The van der Waals surface area contributed by atoms with E-state index >= 15 is 0 Å². The van der Waals surface area contributed by atoms with Crippen LogP contribution in [-0.2, 0) is 0 Å². The van der Waals surface area contributed by atoms with Gasteiger partial charge in [-0.2, -0.15) is 0 Å². The number of benzene rings is 1. The standard InChI is InChI=1S/C13H10BrF3N2/c1-7(8-2-10(16)6-18-5-8)19-13-11(14)3-9(15)4-12(13)17/h2-7,19H,1H3. The van der Waals surface area contributed by atoms with Gasteiger partial charge in [-0.05, 0) is 40.5 Å². The van der Waals surface area contributed by atoms with E-state index < -0.39 is 17.5 Å². The Hall–Kier alpha value is -1.56. The molecule has 19 heavy (non-hydrogen) atoms. The van der Waals surface area contributed by atoms with Gasteiger partial charge in [0.1, 0.15) is 17.5 Å². The maximum Gasteiger partial charge on any atom is 0.150 e. The van der Waals surface area contributed by atoms with Crippen LogP contribution in [0.5, 0.6) is 0 Å². The summed E-state index contributed by atoms with van der Waals surface area (Å²) in [6.45, 7) is 1.73. The lowest BCUT2D eigenvalue weighted by atomic mass is 10.1. The van der Waals surface area contributed by atoms with Crippen molar-refractivity contribution in [1.29, 1.82) is 0 Å². The zero-order chi connectivity index (χ0) is 14.0. The third kappa shape index (κ3) is 3.26. The summed E-state index contributed by atoms with van der Waals surface area (Å²) in [6.07, 6.45) is 2.57. The molecule has 0 aliphatic rings. The quantitative estimate of drug-likeness (QED) is 0.900. The Morgan fingerprint density at radius 1 is 1.11 bits per heavy atom. The van der Waals surface area contributed by atoms with Crippen LogP contribution in [0.25, 0.3) is 0 Å². The minimum Gasteiger partial charge on any atom is -0.375 e. The Balaban J connectivity index is 2.26. The van der Waals surface area contributed by atoms with Gasteiger partial charge in [-0.1, -0.05) is 0 Å². The average molecular weight is 331 g/mol. The molecule has 6 heteroatoms. The van der Waals surface area contributed by atoms with Crippen molar-refractivity contribution in [2.24, 2.45) is 0 Å². The molecule has 0 amide bonds. The number of halogens is 4. The number of nitrogens with one attached hydrogen (secondary N) is 1. The first-order chi connectivity index (χ1) is 8.97. The number of hydrogen-bond donors (Lipinski definition) is 1. The van der Waals surface area contributed by atoms with Gasteiger partial charge in [0.15, 0.2) is 0 Å². The molecular formula is C13H10BrF3N2. The summed E-state index contributed by atoms with van der Waals surface area (Å²) in [5.41, 5.74) is 0.689. The van der Waals surface area contributed by atoms with Crippen LogP contribution in [-0.4, -0.2) is 4.98 Å². The summed E-state index contributed by atoms with van der Waals surface area (Å²) in [5.74, 6) is -1.86. The molecule has 0 radical (unpaired) electrons. The summed E-state index contributed by atoms with van der Waals surface area (Å²) in [7, 11) is 0. The molecule has 1 unspecified atom stereocenters. The Labute approximate surface area is 116 Å². The van der Waals surface area contributed by atoms with Crippen molar-refractivity contribution in [3.05, 3.63) is 58.1 Å². The monoisotopic (exact) mass is 330 g/mol. The van der Waals surface area contributed by atoms with Crippen LogP contribution in [0, 0.1) is 17.5 Å². The van der Waals surface area contributed by atoms with Crippen molar-refractivity contribution >= 4 is 21.6 Å². The van der Waals surface area contributed by atoms with Crippen LogP contribution in [0.4, 0.5) is 18.9 Å². The number of pyridine rings is 1. The topological polar surface area (TPSA) is 24.9 Å². The number of anilines is 1. The van der Waals surface area contributed by atoms with Gasteiger partial charge in [0.2, 0.25) is 0 Å². The predicted molar refractivity (Wildman–Crippen MR) is 70.3 cm³/mol. The van der Waals surface area contributed by atoms with Crippen molar-refractivity contribution in [2.75, 3.05) is 5.32 Å². The van der Waals surface area contributed by atoms with Gasteiger partial charge in [0.05, 0.1) is 17.9 Å².